The normalized spacial score (nSPS) is 19.3. The van der Waals surface area contributed by atoms with E-state index in [0.29, 0.717) is 15.9 Å². The van der Waals surface area contributed by atoms with Gasteiger partial charge in [-0.3, -0.25) is 0 Å². The zero-order valence-corrected chi connectivity index (χ0v) is 9.26. The Balaban J connectivity index is 0.000000187. The van der Waals surface area contributed by atoms with E-state index in [1.165, 1.54) is 24.3 Å². The van der Waals surface area contributed by atoms with Crippen LogP contribution in [0.3, 0.4) is 0 Å². The summed E-state index contributed by atoms with van der Waals surface area (Å²) in [5, 5.41) is 0. The highest BCUT2D eigenvalue weighted by Crippen LogP contribution is 2.21. The van der Waals surface area contributed by atoms with Crippen molar-refractivity contribution in [3.05, 3.63) is 0 Å². The average molecular weight is 174 g/mol. The van der Waals surface area contributed by atoms with Gasteiger partial charge >= 0.3 is 0 Å². The third-order valence-electron chi connectivity index (χ3n) is 1.12. The van der Waals surface area contributed by atoms with Crippen LogP contribution in [0, 0.1) is 5.41 Å². The lowest BCUT2D eigenvalue weighted by atomic mass is 10.0. The first kappa shape index (κ1) is 11.2. The molecule has 0 aromatic rings. The first-order valence-electron chi connectivity index (χ1n) is 4.37. The van der Waals surface area contributed by atoms with Gasteiger partial charge in [0, 0.05) is 0 Å². The maximum absolute atomic E-state index is 3.97. The minimum absolute atomic E-state index is 0.500. The van der Waals surface area contributed by atoms with Crippen molar-refractivity contribution in [3.8, 4) is 0 Å². The number of hydrogen-bond acceptors (Lipinski definition) is 0. The smallest absolute Gasteiger partial charge is 0.0122 e. The Morgan fingerprint density at radius 1 is 1.00 bits per heavy atom. The molecule has 0 bridgehead atoms. The topological polar surface area (TPSA) is 0 Å². The molecule has 1 heterocycles. The summed E-state index contributed by atoms with van der Waals surface area (Å²) in [7, 11) is 0.577. The van der Waals surface area contributed by atoms with Crippen molar-refractivity contribution < 1.29 is 0 Å². The molecule has 0 N–H and O–H groups in total. The molecule has 0 saturated carbocycles. The Morgan fingerprint density at radius 2 is 1.27 bits per heavy atom. The molecule has 0 atom stereocenters. The van der Waals surface area contributed by atoms with Gasteiger partial charge in [-0.1, -0.05) is 33.6 Å². The van der Waals surface area contributed by atoms with E-state index in [2.05, 4.69) is 33.6 Å². The minimum Gasteiger partial charge on any atom is -0.193 e. The van der Waals surface area contributed by atoms with Gasteiger partial charge in [-0.05, 0) is 29.8 Å². The van der Waals surface area contributed by atoms with Crippen molar-refractivity contribution in [1.82, 2.24) is 0 Å². The van der Waals surface area contributed by atoms with Crippen LogP contribution in [-0.4, -0.2) is 17.4 Å². The van der Waals surface area contributed by atoms with Crippen molar-refractivity contribution in [2.45, 2.75) is 40.5 Å². The summed E-state index contributed by atoms with van der Waals surface area (Å²) >= 11 is 0. The van der Waals surface area contributed by atoms with E-state index in [1.807, 2.05) is 0 Å². The Morgan fingerprint density at radius 3 is 1.36 bits per heavy atom. The summed E-state index contributed by atoms with van der Waals surface area (Å²) in [4.78, 5) is 0. The van der Waals surface area contributed by atoms with Gasteiger partial charge < -0.3 is 0 Å². The zero-order valence-electron chi connectivity index (χ0n) is 8.44. The molecule has 1 aliphatic rings. The van der Waals surface area contributed by atoms with Crippen molar-refractivity contribution in [2.75, 3.05) is 11.5 Å². The standard InChI is InChI=1S/C5H10S.C5H12/c1-6-4-2-3-5-6;1-5(2,3)4/h1-5H2;1-4H3. The quantitative estimate of drug-likeness (QED) is 0.493. The Bertz CT molecular complexity index is 105. The summed E-state index contributed by atoms with van der Waals surface area (Å²) < 4.78 is 0. The third-order valence-corrected chi connectivity index (χ3v) is 2.85. The van der Waals surface area contributed by atoms with E-state index in [4.69, 9.17) is 0 Å². The van der Waals surface area contributed by atoms with Crippen molar-refractivity contribution in [3.63, 3.8) is 0 Å². The van der Waals surface area contributed by atoms with E-state index in [9.17, 15) is 0 Å². The maximum atomic E-state index is 3.97. The van der Waals surface area contributed by atoms with E-state index in [-0.39, 0.29) is 0 Å². The minimum atomic E-state index is 0.500. The molecule has 0 radical (unpaired) electrons. The van der Waals surface area contributed by atoms with Gasteiger partial charge in [-0.2, -0.15) is 10.5 Å². The third kappa shape index (κ3) is 13.2. The molecular formula is C10H22S. The Kier molecular flexibility index (Phi) is 5.07. The fourth-order valence-electron chi connectivity index (χ4n) is 0.714. The largest absolute Gasteiger partial charge is 0.193 e. The summed E-state index contributed by atoms with van der Waals surface area (Å²) in [6, 6.07) is 0. The monoisotopic (exact) mass is 174 g/mol. The van der Waals surface area contributed by atoms with Crippen LogP contribution in [0.2, 0.25) is 0 Å². The highest BCUT2D eigenvalue weighted by atomic mass is 32.2. The first-order chi connectivity index (χ1) is 4.89. The van der Waals surface area contributed by atoms with E-state index < -0.39 is 0 Å². The molecular weight excluding hydrogens is 152 g/mol. The number of rotatable bonds is 0. The van der Waals surface area contributed by atoms with E-state index in [0.717, 1.165) is 0 Å². The number of hydrogen-bond donors (Lipinski definition) is 0. The van der Waals surface area contributed by atoms with E-state index in [1.54, 1.807) is 0 Å². The molecule has 0 aliphatic carbocycles. The van der Waals surface area contributed by atoms with Crippen molar-refractivity contribution in [2.24, 2.45) is 5.41 Å². The molecule has 0 nitrogen and oxygen atoms in total. The molecule has 68 valence electrons. The summed E-state index contributed by atoms with van der Waals surface area (Å²) in [6.45, 7) is 8.75. The van der Waals surface area contributed by atoms with Crippen molar-refractivity contribution in [1.29, 1.82) is 0 Å². The van der Waals surface area contributed by atoms with Crippen LogP contribution < -0.4 is 0 Å². The van der Waals surface area contributed by atoms with Gasteiger partial charge in [0.2, 0.25) is 0 Å². The summed E-state index contributed by atoms with van der Waals surface area (Å²) in [6.07, 6.45) is 2.87. The summed E-state index contributed by atoms with van der Waals surface area (Å²) in [5.74, 6) is 6.77. The van der Waals surface area contributed by atoms with Crippen LogP contribution in [0.4, 0.5) is 0 Å². The Labute approximate surface area is 74.3 Å². The van der Waals surface area contributed by atoms with Crippen LogP contribution in [0.15, 0.2) is 0 Å². The van der Waals surface area contributed by atoms with Crippen LogP contribution >= 0.6 is 10.5 Å². The Hall–Kier alpha value is 0.220. The first-order valence-corrected chi connectivity index (χ1v) is 6.10. The molecule has 1 aliphatic heterocycles. The lowest BCUT2D eigenvalue weighted by Gasteiger charge is -2.05. The molecule has 1 rings (SSSR count). The molecule has 11 heavy (non-hydrogen) atoms. The van der Waals surface area contributed by atoms with Crippen LogP contribution in [0.25, 0.3) is 0 Å². The predicted molar refractivity (Wildman–Crippen MR) is 58.8 cm³/mol. The summed E-state index contributed by atoms with van der Waals surface area (Å²) in [5.41, 5.74) is 0.500. The van der Waals surface area contributed by atoms with E-state index >= 15 is 0 Å². The van der Waals surface area contributed by atoms with Gasteiger partial charge in [-0.15, -0.1) is 0 Å². The van der Waals surface area contributed by atoms with Crippen molar-refractivity contribution >= 4 is 16.4 Å². The second-order valence-electron chi connectivity index (χ2n) is 4.73. The van der Waals surface area contributed by atoms with Gasteiger partial charge in [0.25, 0.3) is 0 Å². The fourth-order valence-corrected chi connectivity index (χ4v) is 2.14. The maximum Gasteiger partial charge on any atom is -0.0122 e. The fraction of sp³-hybridized carbons (Fsp3) is 0.900. The average Bonchev–Trinajstić information content (AvgIpc) is 2.12. The predicted octanol–water partition coefficient (Wildman–Crippen LogP) is 3.53. The van der Waals surface area contributed by atoms with Gasteiger partial charge in [-0.25, -0.2) is 0 Å². The molecule has 1 saturated heterocycles. The molecule has 0 spiro atoms. The molecule has 1 heteroatoms. The second-order valence-corrected chi connectivity index (χ2v) is 6.77. The molecule has 0 amide bonds. The van der Waals surface area contributed by atoms with Gasteiger partial charge in [0.1, 0.15) is 0 Å². The molecule has 1 fully saturated rings. The molecule has 0 aromatic carbocycles. The van der Waals surface area contributed by atoms with Crippen LogP contribution in [-0.2, 0) is 0 Å². The molecule has 0 aromatic heterocycles. The highest BCUT2D eigenvalue weighted by molar-refractivity contribution is 8.14. The SMILES string of the molecule is C=S1CCCC1.CC(C)(C)C. The van der Waals surface area contributed by atoms with Gasteiger partial charge in [0.15, 0.2) is 0 Å². The molecule has 0 unspecified atom stereocenters. The highest BCUT2D eigenvalue weighted by Gasteiger charge is 1.99. The lowest BCUT2D eigenvalue weighted by Crippen LogP contribution is -1.93. The van der Waals surface area contributed by atoms with Crippen LogP contribution in [0.5, 0.6) is 0 Å². The lowest BCUT2D eigenvalue weighted by molar-refractivity contribution is 0.469. The second kappa shape index (κ2) is 4.97. The zero-order chi connectivity index (χ0) is 8.91. The van der Waals surface area contributed by atoms with Gasteiger partial charge in [0.05, 0.1) is 0 Å². The van der Waals surface area contributed by atoms with Crippen LogP contribution in [0.1, 0.15) is 40.5 Å².